The van der Waals surface area contributed by atoms with E-state index in [1.165, 1.54) is 12.1 Å². The average Bonchev–Trinajstić information content (AvgIpc) is 2.85. The molecule has 0 saturated heterocycles. The summed E-state index contributed by atoms with van der Waals surface area (Å²) in [6, 6.07) is 3.51. The lowest BCUT2D eigenvalue weighted by Gasteiger charge is -2.06. The molecule has 2 aromatic rings. The summed E-state index contributed by atoms with van der Waals surface area (Å²) in [6.45, 7) is 0.827. The number of nitrogens with one attached hydrogen (secondary N) is 1. The Bertz CT molecular complexity index is 540. The van der Waals surface area contributed by atoms with Crippen molar-refractivity contribution in [2.45, 2.75) is 6.54 Å². The fourth-order valence-electron chi connectivity index (χ4n) is 1.49. The van der Waals surface area contributed by atoms with Crippen molar-refractivity contribution >= 4 is 5.91 Å². The number of nitrogens with zero attached hydrogens (tertiary/aromatic N) is 2. The zero-order valence-corrected chi connectivity index (χ0v) is 9.44. The van der Waals surface area contributed by atoms with Crippen molar-refractivity contribution in [3.05, 3.63) is 54.1 Å². The molecular formula is C12H11F2N3O. The quantitative estimate of drug-likeness (QED) is 0.897. The van der Waals surface area contributed by atoms with Crippen LogP contribution in [0.2, 0.25) is 0 Å². The molecule has 0 aliphatic heterocycles. The molecule has 1 amide bonds. The molecule has 0 aliphatic rings. The maximum absolute atomic E-state index is 13.3. The first kappa shape index (κ1) is 12.2. The van der Waals surface area contributed by atoms with Gasteiger partial charge in [-0.3, -0.25) is 4.79 Å². The van der Waals surface area contributed by atoms with Gasteiger partial charge in [0.1, 0.15) is 0 Å². The lowest BCUT2D eigenvalue weighted by Crippen LogP contribution is -2.28. The molecule has 0 atom stereocenters. The molecule has 4 nitrogen and oxygen atoms in total. The summed E-state index contributed by atoms with van der Waals surface area (Å²) in [4.78, 5) is 15.4. The summed E-state index contributed by atoms with van der Waals surface area (Å²) in [5, 5.41) is 2.51. The van der Waals surface area contributed by atoms with Crippen molar-refractivity contribution in [1.29, 1.82) is 0 Å². The molecule has 18 heavy (non-hydrogen) atoms. The number of rotatable bonds is 4. The molecule has 94 valence electrons. The van der Waals surface area contributed by atoms with Crippen molar-refractivity contribution in [1.82, 2.24) is 14.9 Å². The van der Waals surface area contributed by atoms with Gasteiger partial charge >= 0.3 is 0 Å². The van der Waals surface area contributed by atoms with Crippen LogP contribution in [-0.2, 0) is 6.54 Å². The average molecular weight is 251 g/mol. The Morgan fingerprint density at radius 3 is 2.94 bits per heavy atom. The summed E-state index contributed by atoms with van der Waals surface area (Å²) >= 11 is 0. The number of halogens is 2. The zero-order valence-electron chi connectivity index (χ0n) is 9.44. The Morgan fingerprint density at radius 1 is 1.39 bits per heavy atom. The summed E-state index contributed by atoms with van der Waals surface area (Å²) in [5.41, 5.74) is -0.291. The molecule has 2 rings (SSSR count). The number of hydrogen-bond donors (Lipinski definition) is 1. The predicted molar refractivity (Wildman–Crippen MR) is 60.9 cm³/mol. The van der Waals surface area contributed by atoms with E-state index in [-0.39, 0.29) is 5.56 Å². The molecule has 0 unspecified atom stereocenters. The van der Waals surface area contributed by atoms with E-state index < -0.39 is 17.5 Å². The van der Waals surface area contributed by atoms with Gasteiger partial charge in [0, 0.05) is 25.5 Å². The van der Waals surface area contributed by atoms with Gasteiger partial charge in [0.25, 0.3) is 5.91 Å². The zero-order chi connectivity index (χ0) is 13.0. The molecule has 1 heterocycles. The standard InChI is InChI=1S/C12H11F2N3O/c13-10-3-1-2-9(11(10)14)12(18)16-5-7-17-6-4-15-8-17/h1-4,6,8H,5,7H2,(H,16,18). The Balaban J connectivity index is 1.93. The number of amides is 1. The highest BCUT2D eigenvalue weighted by Gasteiger charge is 2.14. The normalized spacial score (nSPS) is 10.3. The van der Waals surface area contributed by atoms with Crippen LogP contribution in [0.15, 0.2) is 36.9 Å². The molecule has 1 N–H and O–H groups in total. The lowest BCUT2D eigenvalue weighted by molar-refractivity contribution is 0.0947. The number of aromatic nitrogens is 2. The molecule has 0 saturated carbocycles. The molecule has 0 aliphatic carbocycles. The summed E-state index contributed by atoms with van der Waals surface area (Å²) in [7, 11) is 0. The highest BCUT2D eigenvalue weighted by molar-refractivity contribution is 5.94. The molecule has 6 heteroatoms. The number of carbonyl (C=O) groups is 1. The third-order valence-electron chi connectivity index (χ3n) is 2.41. The van der Waals surface area contributed by atoms with E-state index in [1.807, 2.05) is 0 Å². The molecule has 0 radical (unpaired) electrons. The first-order chi connectivity index (χ1) is 8.68. The van der Waals surface area contributed by atoms with E-state index in [1.54, 1.807) is 23.3 Å². The third kappa shape index (κ3) is 2.71. The monoisotopic (exact) mass is 251 g/mol. The summed E-state index contributed by atoms with van der Waals surface area (Å²) in [5.74, 6) is -2.79. The van der Waals surface area contributed by atoms with Crippen LogP contribution in [0.4, 0.5) is 8.78 Å². The highest BCUT2D eigenvalue weighted by Crippen LogP contribution is 2.10. The van der Waals surface area contributed by atoms with Gasteiger partial charge in [-0.05, 0) is 12.1 Å². The number of carbonyl (C=O) groups excluding carboxylic acids is 1. The van der Waals surface area contributed by atoms with Gasteiger partial charge in [-0.25, -0.2) is 13.8 Å². The fourth-order valence-corrected chi connectivity index (χ4v) is 1.49. The molecule has 0 bridgehead atoms. The molecule has 0 spiro atoms. The Morgan fingerprint density at radius 2 is 2.22 bits per heavy atom. The maximum atomic E-state index is 13.3. The van der Waals surface area contributed by atoms with Crippen LogP contribution in [0.5, 0.6) is 0 Å². The largest absolute Gasteiger partial charge is 0.350 e. The van der Waals surface area contributed by atoms with Gasteiger partial charge in [-0.1, -0.05) is 6.07 Å². The minimum absolute atomic E-state index is 0.291. The second-order valence-corrected chi connectivity index (χ2v) is 3.66. The first-order valence-corrected chi connectivity index (χ1v) is 5.36. The SMILES string of the molecule is O=C(NCCn1ccnc1)c1cccc(F)c1F. The van der Waals surface area contributed by atoms with Crippen LogP contribution in [0.25, 0.3) is 0 Å². The summed E-state index contributed by atoms with van der Waals surface area (Å²) < 4.78 is 28.0. The van der Waals surface area contributed by atoms with Crippen molar-refractivity contribution in [2.24, 2.45) is 0 Å². The molecule has 0 fully saturated rings. The lowest BCUT2D eigenvalue weighted by atomic mass is 10.2. The Hall–Kier alpha value is -2.24. The molecule has 1 aromatic heterocycles. The molecular weight excluding hydrogens is 240 g/mol. The number of benzene rings is 1. The van der Waals surface area contributed by atoms with Gasteiger partial charge in [0.05, 0.1) is 11.9 Å². The van der Waals surface area contributed by atoms with Crippen molar-refractivity contribution in [3.8, 4) is 0 Å². The summed E-state index contributed by atoms with van der Waals surface area (Å²) in [6.07, 6.45) is 4.97. The van der Waals surface area contributed by atoms with Crippen molar-refractivity contribution in [3.63, 3.8) is 0 Å². The van der Waals surface area contributed by atoms with E-state index in [4.69, 9.17) is 0 Å². The van der Waals surface area contributed by atoms with E-state index in [2.05, 4.69) is 10.3 Å². The topological polar surface area (TPSA) is 46.9 Å². The van der Waals surface area contributed by atoms with Gasteiger partial charge in [0.15, 0.2) is 11.6 Å². The minimum atomic E-state index is -1.13. The van der Waals surface area contributed by atoms with Gasteiger partial charge in [-0.15, -0.1) is 0 Å². The van der Waals surface area contributed by atoms with Gasteiger partial charge in [-0.2, -0.15) is 0 Å². The number of imidazole rings is 1. The van der Waals surface area contributed by atoms with Gasteiger partial charge < -0.3 is 9.88 Å². The highest BCUT2D eigenvalue weighted by atomic mass is 19.2. The second-order valence-electron chi connectivity index (χ2n) is 3.66. The van der Waals surface area contributed by atoms with Crippen molar-refractivity contribution < 1.29 is 13.6 Å². The van der Waals surface area contributed by atoms with Crippen LogP contribution in [0.1, 0.15) is 10.4 Å². The maximum Gasteiger partial charge on any atom is 0.254 e. The van der Waals surface area contributed by atoms with Crippen molar-refractivity contribution in [2.75, 3.05) is 6.54 Å². The van der Waals surface area contributed by atoms with E-state index in [9.17, 15) is 13.6 Å². The third-order valence-corrected chi connectivity index (χ3v) is 2.41. The van der Waals surface area contributed by atoms with E-state index in [0.29, 0.717) is 13.1 Å². The first-order valence-electron chi connectivity index (χ1n) is 5.36. The minimum Gasteiger partial charge on any atom is -0.350 e. The second kappa shape index (κ2) is 5.39. The number of hydrogen-bond acceptors (Lipinski definition) is 2. The Labute approximate surface area is 102 Å². The predicted octanol–water partition coefficient (Wildman–Crippen LogP) is 1.59. The fraction of sp³-hybridized carbons (Fsp3) is 0.167. The van der Waals surface area contributed by atoms with Crippen LogP contribution in [0.3, 0.4) is 0 Å². The smallest absolute Gasteiger partial charge is 0.254 e. The van der Waals surface area contributed by atoms with Gasteiger partial charge in [0.2, 0.25) is 0 Å². The van der Waals surface area contributed by atoms with Crippen LogP contribution in [-0.4, -0.2) is 22.0 Å². The molecule has 1 aromatic carbocycles. The van der Waals surface area contributed by atoms with E-state index >= 15 is 0 Å². The van der Waals surface area contributed by atoms with Crippen LogP contribution >= 0.6 is 0 Å². The Kier molecular flexibility index (Phi) is 3.66. The van der Waals surface area contributed by atoms with Crippen LogP contribution < -0.4 is 5.32 Å². The van der Waals surface area contributed by atoms with Crippen LogP contribution in [0, 0.1) is 11.6 Å². The van der Waals surface area contributed by atoms with E-state index in [0.717, 1.165) is 6.07 Å².